The molecule has 31 heavy (non-hydrogen) atoms. The number of nitro groups is 1. The van der Waals surface area contributed by atoms with Gasteiger partial charge in [-0.3, -0.25) is 28.5 Å². The fourth-order valence-electron chi connectivity index (χ4n) is 2.74. The van der Waals surface area contributed by atoms with E-state index in [9.17, 15) is 19.5 Å². The lowest BCUT2D eigenvalue weighted by molar-refractivity contribution is -0.890. The Kier molecular flexibility index (Phi) is 11.9. The predicted molar refractivity (Wildman–Crippen MR) is 116 cm³/mol. The van der Waals surface area contributed by atoms with Crippen molar-refractivity contribution in [3.63, 3.8) is 0 Å². The molecular weight excluding hydrogens is 427 g/mol. The van der Waals surface area contributed by atoms with Crippen LogP contribution in [0.4, 0.5) is 5.69 Å². The van der Waals surface area contributed by atoms with Crippen LogP contribution in [-0.2, 0) is 22.9 Å². The van der Waals surface area contributed by atoms with Gasteiger partial charge in [0.15, 0.2) is 0 Å². The summed E-state index contributed by atoms with van der Waals surface area (Å²) < 4.78 is 33.8. The minimum Gasteiger partial charge on any atom is -0.427 e. The molecule has 0 radical (unpaired) electrons. The summed E-state index contributed by atoms with van der Waals surface area (Å²) in [4.78, 5) is 22.0. The SMILES string of the molecule is CCOP(=O)(OCC)OCC[N+](C)(C)CCCCCC(=O)Oc1ccc([N+](=O)[O-])cc1. The van der Waals surface area contributed by atoms with Crippen LogP contribution in [-0.4, -0.2) is 62.4 Å². The van der Waals surface area contributed by atoms with Crippen molar-refractivity contribution in [2.75, 3.05) is 47.0 Å². The number of likely N-dealkylation sites (N-methyl/N-ethyl adjacent to an activating group) is 1. The Morgan fingerprint density at radius 2 is 1.61 bits per heavy atom. The standard InChI is InChI=1S/C20H34N2O8P/c1-5-27-31(26,28-6-2)29-17-16-22(3,4)15-9-7-8-10-20(23)30-19-13-11-18(12-14-19)21(24)25/h11-14H,5-10,15-17H2,1-4H3/q+1. The van der Waals surface area contributed by atoms with E-state index in [2.05, 4.69) is 14.1 Å². The highest BCUT2D eigenvalue weighted by atomic mass is 31.2. The zero-order chi connectivity index (χ0) is 23.3. The smallest absolute Gasteiger partial charge is 0.427 e. The van der Waals surface area contributed by atoms with Gasteiger partial charge in [-0.05, 0) is 45.2 Å². The molecule has 0 saturated carbocycles. The summed E-state index contributed by atoms with van der Waals surface area (Å²) in [5.41, 5.74) is -0.0514. The Bertz CT molecular complexity index is 729. The molecule has 0 saturated heterocycles. The number of phosphoric ester groups is 1. The number of benzene rings is 1. The second-order valence-electron chi connectivity index (χ2n) is 7.53. The lowest BCUT2D eigenvalue weighted by atomic mass is 10.2. The molecule has 10 nitrogen and oxygen atoms in total. The van der Waals surface area contributed by atoms with Crippen molar-refractivity contribution in [3.8, 4) is 5.75 Å². The maximum Gasteiger partial charge on any atom is 0.474 e. The summed E-state index contributed by atoms with van der Waals surface area (Å²) in [5, 5.41) is 10.6. The van der Waals surface area contributed by atoms with Gasteiger partial charge in [0.25, 0.3) is 5.69 Å². The molecule has 1 rings (SSSR count). The number of hydrogen-bond donors (Lipinski definition) is 0. The monoisotopic (exact) mass is 461 g/mol. The zero-order valence-electron chi connectivity index (χ0n) is 18.8. The second-order valence-corrected chi connectivity index (χ2v) is 9.20. The zero-order valence-corrected chi connectivity index (χ0v) is 19.7. The highest BCUT2D eigenvalue weighted by Crippen LogP contribution is 2.49. The summed E-state index contributed by atoms with van der Waals surface area (Å²) in [6.45, 7) is 5.74. The minimum absolute atomic E-state index is 0.0514. The fourth-order valence-corrected chi connectivity index (χ4v) is 3.91. The molecule has 1 aromatic carbocycles. The van der Waals surface area contributed by atoms with Crippen LogP contribution in [0.3, 0.4) is 0 Å². The number of nitrogens with zero attached hydrogens (tertiary/aromatic N) is 2. The van der Waals surface area contributed by atoms with E-state index < -0.39 is 12.7 Å². The molecule has 176 valence electrons. The lowest BCUT2D eigenvalue weighted by Gasteiger charge is -2.30. The molecule has 0 bridgehead atoms. The lowest BCUT2D eigenvalue weighted by Crippen LogP contribution is -2.43. The maximum atomic E-state index is 12.3. The Hall–Kier alpha value is -1.84. The van der Waals surface area contributed by atoms with E-state index >= 15 is 0 Å². The molecule has 0 fully saturated rings. The van der Waals surface area contributed by atoms with E-state index in [1.165, 1.54) is 24.3 Å². The molecule has 11 heteroatoms. The molecule has 0 unspecified atom stereocenters. The summed E-state index contributed by atoms with van der Waals surface area (Å²) in [5.74, 6) is -0.0663. The number of nitro benzene ring substituents is 1. The van der Waals surface area contributed by atoms with Crippen molar-refractivity contribution in [2.45, 2.75) is 39.5 Å². The van der Waals surface area contributed by atoms with E-state index in [0.29, 0.717) is 23.2 Å². The summed E-state index contributed by atoms with van der Waals surface area (Å²) in [6, 6.07) is 5.42. The summed E-state index contributed by atoms with van der Waals surface area (Å²) >= 11 is 0. The maximum absolute atomic E-state index is 12.3. The van der Waals surface area contributed by atoms with E-state index in [-0.39, 0.29) is 37.9 Å². The van der Waals surface area contributed by atoms with Crippen molar-refractivity contribution in [1.29, 1.82) is 0 Å². The van der Waals surface area contributed by atoms with Crippen LogP contribution in [0.1, 0.15) is 39.5 Å². The third-order valence-corrected chi connectivity index (χ3v) is 6.09. The number of quaternary nitrogens is 1. The third kappa shape index (κ3) is 11.4. The van der Waals surface area contributed by atoms with Crippen LogP contribution in [0.15, 0.2) is 24.3 Å². The molecule has 0 spiro atoms. The number of rotatable bonds is 16. The number of carbonyl (C=O) groups is 1. The van der Waals surface area contributed by atoms with Crippen molar-refractivity contribution in [2.24, 2.45) is 0 Å². The van der Waals surface area contributed by atoms with Gasteiger partial charge in [0.05, 0.1) is 38.8 Å². The quantitative estimate of drug-likeness (QED) is 0.0679. The van der Waals surface area contributed by atoms with Crippen LogP contribution in [0, 0.1) is 10.1 Å². The molecule has 0 aromatic heterocycles. The van der Waals surface area contributed by atoms with E-state index in [1.807, 2.05) is 0 Å². The number of ether oxygens (including phenoxy) is 1. The normalized spacial score (nSPS) is 12.0. The second kappa shape index (κ2) is 13.5. The van der Waals surface area contributed by atoms with Crippen LogP contribution in [0.5, 0.6) is 5.75 Å². The van der Waals surface area contributed by atoms with Gasteiger partial charge in [-0.15, -0.1) is 0 Å². The van der Waals surface area contributed by atoms with Gasteiger partial charge in [0.1, 0.15) is 18.9 Å². The van der Waals surface area contributed by atoms with Crippen molar-refractivity contribution >= 4 is 19.5 Å². The van der Waals surface area contributed by atoms with E-state index in [0.717, 1.165) is 19.4 Å². The first-order valence-electron chi connectivity index (χ1n) is 10.4. The van der Waals surface area contributed by atoms with Crippen molar-refractivity contribution < 1.29 is 37.1 Å². The number of unbranched alkanes of at least 4 members (excludes halogenated alkanes) is 2. The number of hydrogen-bond acceptors (Lipinski definition) is 8. The van der Waals surface area contributed by atoms with Crippen LogP contribution in [0.25, 0.3) is 0 Å². The van der Waals surface area contributed by atoms with Gasteiger partial charge < -0.3 is 9.22 Å². The molecule has 0 aliphatic rings. The first kappa shape index (κ1) is 27.2. The van der Waals surface area contributed by atoms with Crippen molar-refractivity contribution in [3.05, 3.63) is 34.4 Å². The summed E-state index contributed by atoms with van der Waals surface area (Å²) in [7, 11) is 0.624. The predicted octanol–water partition coefficient (Wildman–Crippen LogP) is 4.33. The largest absolute Gasteiger partial charge is 0.474 e. The highest BCUT2D eigenvalue weighted by Gasteiger charge is 2.26. The third-order valence-electron chi connectivity index (χ3n) is 4.44. The Morgan fingerprint density at radius 1 is 1.00 bits per heavy atom. The molecular formula is C20H34N2O8P+. The van der Waals surface area contributed by atoms with Gasteiger partial charge in [0, 0.05) is 18.6 Å². The van der Waals surface area contributed by atoms with E-state index in [4.69, 9.17) is 18.3 Å². The first-order chi connectivity index (χ1) is 14.6. The van der Waals surface area contributed by atoms with Gasteiger partial charge in [-0.1, -0.05) is 0 Å². The average Bonchev–Trinajstić information content (AvgIpc) is 2.68. The number of carbonyl (C=O) groups excluding carboxylic acids is 1. The Balaban J connectivity index is 2.24. The first-order valence-corrected chi connectivity index (χ1v) is 11.9. The van der Waals surface area contributed by atoms with Gasteiger partial charge >= 0.3 is 13.8 Å². The van der Waals surface area contributed by atoms with Crippen LogP contribution >= 0.6 is 7.82 Å². The van der Waals surface area contributed by atoms with Gasteiger partial charge in [-0.25, -0.2) is 4.57 Å². The summed E-state index contributed by atoms with van der Waals surface area (Å²) in [6.07, 6.45) is 2.73. The fraction of sp³-hybridized carbons (Fsp3) is 0.650. The van der Waals surface area contributed by atoms with Crippen molar-refractivity contribution in [1.82, 2.24) is 0 Å². The van der Waals surface area contributed by atoms with Gasteiger partial charge in [0.2, 0.25) is 0 Å². The van der Waals surface area contributed by atoms with Crippen LogP contribution in [0.2, 0.25) is 0 Å². The van der Waals surface area contributed by atoms with Crippen LogP contribution < -0.4 is 4.74 Å². The molecule has 0 heterocycles. The Labute approximate surface area is 183 Å². The highest BCUT2D eigenvalue weighted by molar-refractivity contribution is 7.48. The minimum atomic E-state index is -3.48. The number of non-ortho nitro benzene ring substituents is 1. The average molecular weight is 461 g/mol. The Morgan fingerprint density at radius 3 is 2.16 bits per heavy atom. The van der Waals surface area contributed by atoms with Gasteiger partial charge in [-0.2, -0.15) is 0 Å². The molecule has 0 atom stereocenters. The topological polar surface area (TPSA) is 114 Å². The molecule has 0 amide bonds. The van der Waals surface area contributed by atoms with E-state index in [1.54, 1.807) is 13.8 Å². The number of esters is 1. The molecule has 1 aromatic rings. The molecule has 0 N–H and O–H groups in total. The number of phosphoric acid groups is 1. The molecule has 0 aliphatic heterocycles. The molecule has 0 aliphatic carbocycles.